The highest BCUT2D eigenvalue weighted by Gasteiger charge is 2.32. The van der Waals surface area contributed by atoms with E-state index in [2.05, 4.69) is 10.1 Å². The fraction of sp³-hybridized carbons (Fsp3) is 0.636. The number of carbonyl (C=O) groups excluding carboxylic acids is 2. The third-order valence-electron chi connectivity index (χ3n) is 5.34. The molecule has 1 saturated heterocycles. The fourth-order valence-corrected chi connectivity index (χ4v) is 3.92. The zero-order valence-corrected chi connectivity index (χ0v) is 17.6. The number of benzene rings is 1. The Bertz CT molecular complexity index is 709. The molecular weight excluding hydrogens is 397 g/mol. The first-order valence-corrected chi connectivity index (χ1v) is 10.6. The van der Waals surface area contributed by atoms with Gasteiger partial charge in [0.25, 0.3) is 0 Å². The normalized spacial score (nSPS) is 18.0. The average Bonchev–Trinajstić information content (AvgIpc) is 2.69. The Balaban J connectivity index is 1.97. The number of amides is 2. The second-order valence-electron chi connectivity index (χ2n) is 7.84. The Morgan fingerprint density at radius 1 is 1.30 bits per heavy atom. The quantitative estimate of drug-likeness (QED) is 0.638. The third kappa shape index (κ3) is 7.88. The molecule has 2 rings (SSSR count). The molecule has 2 atom stereocenters. The van der Waals surface area contributed by atoms with Crippen LogP contribution in [0.4, 0.5) is 13.2 Å². The number of likely N-dealkylation sites (tertiary alicyclic amines) is 1. The lowest BCUT2D eigenvalue weighted by Gasteiger charge is -2.35. The summed E-state index contributed by atoms with van der Waals surface area (Å²) in [5, 5.41) is 2.82. The molecule has 8 heteroatoms. The van der Waals surface area contributed by atoms with Gasteiger partial charge in [-0.05, 0) is 49.3 Å². The van der Waals surface area contributed by atoms with Gasteiger partial charge in [-0.2, -0.15) is 0 Å². The topological polar surface area (TPSA) is 58.6 Å². The molecule has 1 aliphatic heterocycles. The number of nitrogens with one attached hydrogen (secondary N) is 1. The summed E-state index contributed by atoms with van der Waals surface area (Å²) in [5.74, 6) is -0.309. The van der Waals surface area contributed by atoms with Crippen molar-refractivity contribution >= 4 is 11.8 Å². The third-order valence-corrected chi connectivity index (χ3v) is 5.34. The molecular formula is C22H31F3N2O3. The molecule has 0 bridgehead atoms. The monoisotopic (exact) mass is 428 g/mol. The second kappa shape index (κ2) is 11.2. The van der Waals surface area contributed by atoms with E-state index >= 15 is 0 Å². The maximum Gasteiger partial charge on any atom is 0.573 e. The fourth-order valence-electron chi connectivity index (χ4n) is 3.92. The SMILES string of the molecule is CCC[C@H](CNC(=O)CC)C(=O)N1CCC[C@@H](Cc2cccc(OC(F)(F)F)c2)C1. The van der Waals surface area contributed by atoms with E-state index in [1.165, 1.54) is 12.1 Å². The Labute approximate surface area is 176 Å². The van der Waals surface area contributed by atoms with Crippen molar-refractivity contribution in [3.8, 4) is 5.75 Å². The van der Waals surface area contributed by atoms with Crippen LogP contribution in [0.15, 0.2) is 24.3 Å². The van der Waals surface area contributed by atoms with Gasteiger partial charge in [0.05, 0.1) is 5.92 Å². The van der Waals surface area contributed by atoms with Gasteiger partial charge in [0.1, 0.15) is 5.75 Å². The van der Waals surface area contributed by atoms with Crippen molar-refractivity contribution in [2.75, 3.05) is 19.6 Å². The number of nitrogens with zero attached hydrogens (tertiary/aromatic N) is 1. The summed E-state index contributed by atoms with van der Waals surface area (Å²) >= 11 is 0. The van der Waals surface area contributed by atoms with Crippen LogP contribution in [-0.4, -0.2) is 42.7 Å². The van der Waals surface area contributed by atoms with Crippen LogP contribution in [-0.2, 0) is 16.0 Å². The predicted molar refractivity (Wildman–Crippen MR) is 108 cm³/mol. The van der Waals surface area contributed by atoms with Gasteiger partial charge in [-0.25, -0.2) is 0 Å². The van der Waals surface area contributed by atoms with E-state index in [0.29, 0.717) is 38.9 Å². The Morgan fingerprint density at radius 3 is 2.73 bits per heavy atom. The molecule has 1 heterocycles. The smallest absolute Gasteiger partial charge is 0.406 e. The number of carbonyl (C=O) groups is 2. The maximum absolute atomic E-state index is 13.0. The molecule has 1 aromatic rings. The van der Waals surface area contributed by atoms with E-state index in [4.69, 9.17) is 0 Å². The molecule has 0 radical (unpaired) electrons. The van der Waals surface area contributed by atoms with Crippen LogP contribution in [0.2, 0.25) is 0 Å². The molecule has 168 valence electrons. The summed E-state index contributed by atoms with van der Waals surface area (Å²) in [6, 6.07) is 6.03. The van der Waals surface area contributed by atoms with E-state index in [1.54, 1.807) is 19.1 Å². The van der Waals surface area contributed by atoms with E-state index in [0.717, 1.165) is 24.8 Å². The number of ether oxygens (including phenoxy) is 1. The lowest BCUT2D eigenvalue weighted by atomic mass is 9.90. The summed E-state index contributed by atoms with van der Waals surface area (Å²) in [6.07, 6.45) is -0.412. The standard InChI is InChI=1S/C22H31F3N2O3/c1-3-7-18(14-26-20(28)4-2)21(29)27-11-6-9-17(15-27)12-16-8-5-10-19(13-16)30-22(23,24)25/h5,8,10,13,17-18H,3-4,6-7,9,11-12,14-15H2,1-2H3,(H,26,28)/t17-,18+/m0/s1. The molecule has 0 unspecified atom stereocenters. The molecule has 1 N–H and O–H groups in total. The Hall–Kier alpha value is -2.25. The Kier molecular flexibility index (Phi) is 8.99. The first-order valence-electron chi connectivity index (χ1n) is 10.6. The summed E-state index contributed by atoms with van der Waals surface area (Å²) in [5.41, 5.74) is 0.761. The van der Waals surface area contributed by atoms with E-state index in [9.17, 15) is 22.8 Å². The van der Waals surface area contributed by atoms with Crippen LogP contribution in [0.1, 0.15) is 51.5 Å². The van der Waals surface area contributed by atoms with Gasteiger partial charge in [-0.1, -0.05) is 32.4 Å². The highest BCUT2D eigenvalue weighted by atomic mass is 19.4. The van der Waals surface area contributed by atoms with Gasteiger partial charge in [0.2, 0.25) is 11.8 Å². The van der Waals surface area contributed by atoms with Crippen molar-refractivity contribution in [3.05, 3.63) is 29.8 Å². The first kappa shape index (κ1) is 24.0. The minimum Gasteiger partial charge on any atom is -0.406 e. The summed E-state index contributed by atoms with van der Waals surface area (Å²) in [4.78, 5) is 26.4. The van der Waals surface area contributed by atoms with Crippen molar-refractivity contribution < 1.29 is 27.5 Å². The number of piperidine rings is 1. The largest absolute Gasteiger partial charge is 0.573 e. The van der Waals surface area contributed by atoms with E-state index < -0.39 is 6.36 Å². The second-order valence-corrected chi connectivity index (χ2v) is 7.84. The number of hydrogen-bond donors (Lipinski definition) is 1. The first-order chi connectivity index (χ1) is 14.2. The van der Waals surface area contributed by atoms with Crippen LogP contribution >= 0.6 is 0 Å². The van der Waals surface area contributed by atoms with Gasteiger partial charge in [-0.3, -0.25) is 9.59 Å². The summed E-state index contributed by atoms with van der Waals surface area (Å²) in [7, 11) is 0. The highest BCUT2D eigenvalue weighted by Crippen LogP contribution is 2.27. The molecule has 0 aliphatic carbocycles. The molecule has 5 nitrogen and oxygen atoms in total. The lowest BCUT2D eigenvalue weighted by Crippen LogP contribution is -2.46. The lowest BCUT2D eigenvalue weighted by molar-refractivity contribution is -0.274. The maximum atomic E-state index is 13.0. The van der Waals surface area contributed by atoms with Crippen LogP contribution in [0.5, 0.6) is 5.75 Å². The van der Waals surface area contributed by atoms with E-state index in [-0.39, 0.29) is 29.4 Å². The Morgan fingerprint density at radius 2 is 2.07 bits per heavy atom. The van der Waals surface area contributed by atoms with Crippen LogP contribution in [0.25, 0.3) is 0 Å². The molecule has 0 spiro atoms. The number of alkyl halides is 3. The molecule has 0 aromatic heterocycles. The average molecular weight is 428 g/mol. The van der Waals surface area contributed by atoms with Gasteiger partial charge in [0, 0.05) is 26.1 Å². The molecule has 30 heavy (non-hydrogen) atoms. The van der Waals surface area contributed by atoms with Gasteiger partial charge >= 0.3 is 6.36 Å². The highest BCUT2D eigenvalue weighted by molar-refractivity contribution is 5.81. The molecule has 1 fully saturated rings. The summed E-state index contributed by atoms with van der Waals surface area (Å²) in [6.45, 7) is 5.38. The van der Waals surface area contributed by atoms with Crippen molar-refractivity contribution in [3.63, 3.8) is 0 Å². The molecule has 1 aromatic carbocycles. The van der Waals surface area contributed by atoms with Crippen LogP contribution in [0, 0.1) is 11.8 Å². The molecule has 2 amide bonds. The van der Waals surface area contributed by atoms with Crippen LogP contribution < -0.4 is 10.1 Å². The molecule has 0 saturated carbocycles. The predicted octanol–water partition coefficient (Wildman–Crippen LogP) is 4.31. The van der Waals surface area contributed by atoms with Gasteiger partial charge < -0.3 is 15.0 Å². The van der Waals surface area contributed by atoms with Crippen molar-refractivity contribution in [2.45, 2.75) is 58.7 Å². The summed E-state index contributed by atoms with van der Waals surface area (Å²) < 4.78 is 41.4. The van der Waals surface area contributed by atoms with Gasteiger partial charge in [0.15, 0.2) is 0 Å². The van der Waals surface area contributed by atoms with Crippen molar-refractivity contribution in [1.29, 1.82) is 0 Å². The zero-order chi connectivity index (χ0) is 22.1. The van der Waals surface area contributed by atoms with Crippen molar-refractivity contribution in [1.82, 2.24) is 10.2 Å². The van der Waals surface area contributed by atoms with Gasteiger partial charge in [-0.15, -0.1) is 13.2 Å². The molecule has 1 aliphatic rings. The number of halogens is 3. The van der Waals surface area contributed by atoms with E-state index in [1.807, 2.05) is 11.8 Å². The minimum absolute atomic E-state index is 0.0482. The number of hydrogen-bond acceptors (Lipinski definition) is 3. The van der Waals surface area contributed by atoms with Crippen molar-refractivity contribution in [2.24, 2.45) is 11.8 Å². The van der Waals surface area contributed by atoms with Crippen LogP contribution in [0.3, 0.4) is 0 Å². The zero-order valence-electron chi connectivity index (χ0n) is 17.6. The minimum atomic E-state index is -4.71. The number of rotatable bonds is 9.